The summed E-state index contributed by atoms with van der Waals surface area (Å²) in [4.78, 5) is 11.0. The predicted molar refractivity (Wildman–Crippen MR) is 76.1 cm³/mol. The Kier molecular flexibility index (Phi) is 2.97. The Morgan fingerprint density at radius 2 is 1.78 bits per heavy atom. The molecule has 0 saturated heterocycles. The first-order valence-electron chi connectivity index (χ1n) is 5.96. The van der Waals surface area contributed by atoms with Crippen molar-refractivity contribution in [2.45, 2.75) is 33.7 Å². The maximum absolute atomic E-state index is 11.0. The molecule has 0 aliphatic heterocycles. The molecule has 0 heterocycles. The summed E-state index contributed by atoms with van der Waals surface area (Å²) >= 11 is 3.35. The van der Waals surface area contributed by atoms with E-state index < -0.39 is 5.97 Å². The van der Waals surface area contributed by atoms with Gasteiger partial charge in [0.2, 0.25) is 0 Å². The van der Waals surface area contributed by atoms with E-state index in [-0.39, 0.29) is 10.8 Å². The molecule has 2 rings (SSSR count). The molecule has 1 aliphatic carbocycles. The number of hydrogen-bond donors (Lipinski definition) is 2. The van der Waals surface area contributed by atoms with Crippen LogP contribution in [0.25, 0.3) is 0 Å². The summed E-state index contributed by atoms with van der Waals surface area (Å²) in [5.41, 5.74) is 1.59. The summed E-state index contributed by atoms with van der Waals surface area (Å²) in [6.45, 7) is 8.89. The summed E-state index contributed by atoms with van der Waals surface area (Å²) in [6, 6.07) is 5.56. The van der Waals surface area contributed by atoms with Gasteiger partial charge in [-0.2, -0.15) is 0 Å². The SMILES string of the molecule is CC1(C)C(Nc2cc(Br)cc(C(=O)O)c2)C1(C)C. The zero-order valence-corrected chi connectivity index (χ0v) is 12.6. The van der Waals surface area contributed by atoms with Gasteiger partial charge >= 0.3 is 5.97 Å². The van der Waals surface area contributed by atoms with E-state index in [0.717, 1.165) is 10.2 Å². The Balaban J connectivity index is 2.24. The van der Waals surface area contributed by atoms with Gasteiger partial charge < -0.3 is 10.4 Å². The molecule has 0 aromatic heterocycles. The molecule has 0 spiro atoms. The largest absolute Gasteiger partial charge is 0.478 e. The molecule has 2 N–H and O–H groups in total. The maximum Gasteiger partial charge on any atom is 0.335 e. The van der Waals surface area contributed by atoms with Crippen molar-refractivity contribution >= 4 is 27.6 Å². The molecule has 0 unspecified atom stereocenters. The summed E-state index contributed by atoms with van der Waals surface area (Å²) in [6.07, 6.45) is 0. The zero-order chi connectivity index (χ0) is 13.7. The highest BCUT2D eigenvalue weighted by atomic mass is 79.9. The van der Waals surface area contributed by atoms with Gasteiger partial charge in [-0.3, -0.25) is 0 Å². The summed E-state index contributed by atoms with van der Waals surface area (Å²) in [5, 5.41) is 12.5. The fourth-order valence-corrected chi connectivity index (χ4v) is 3.01. The molecule has 1 fully saturated rings. The van der Waals surface area contributed by atoms with Gasteiger partial charge in [0.25, 0.3) is 0 Å². The third kappa shape index (κ3) is 2.03. The second kappa shape index (κ2) is 3.98. The quantitative estimate of drug-likeness (QED) is 0.887. The van der Waals surface area contributed by atoms with Gasteiger partial charge in [0.05, 0.1) is 5.56 Å². The molecule has 0 bridgehead atoms. The number of carboxylic acids is 1. The second-order valence-electron chi connectivity index (χ2n) is 6.05. The Hall–Kier alpha value is -1.03. The predicted octanol–water partition coefficient (Wildman–Crippen LogP) is 3.99. The minimum Gasteiger partial charge on any atom is -0.478 e. The molecule has 3 nitrogen and oxygen atoms in total. The Morgan fingerprint density at radius 3 is 2.22 bits per heavy atom. The fourth-order valence-electron chi connectivity index (χ4n) is 2.52. The van der Waals surface area contributed by atoms with Crippen LogP contribution in [0.2, 0.25) is 0 Å². The van der Waals surface area contributed by atoms with E-state index in [1.807, 2.05) is 6.07 Å². The van der Waals surface area contributed by atoms with Crippen molar-refractivity contribution in [3.05, 3.63) is 28.2 Å². The molecule has 1 aliphatic rings. The van der Waals surface area contributed by atoms with Crippen LogP contribution in [-0.4, -0.2) is 17.1 Å². The van der Waals surface area contributed by atoms with Crippen LogP contribution in [0.5, 0.6) is 0 Å². The van der Waals surface area contributed by atoms with Crippen molar-refractivity contribution in [1.29, 1.82) is 0 Å². The first-order valence-corrected chi connectivity index (χ1v) is 6.76. The highest BCUT2D eigenvalue weighted by molar-refractivity contribution is 9.10. The first kappa shape index (κ1) is 13.4. The van der Waals surface area contributed by atoms with Crippen LogP contribution < -0.4 is 5.32 Å². The standard InChI is InChI=1S/C14H18BrNO2/c1-13(2)12(14(13,3)4)16-10-6-8(11(17)18)5-9(15)7-10/h5-7,12,16H,1-4H3,(H,17,18). The molecular formula is C14H18BrNO2. The Labute approximate surface area is 116 Å². The van der Waals surface area contributed by atoms with E-state index in [4.69, 9.17) is 5.11 Å². The Bertz CT molecular complexity index is 495. The van der Waals surface area contributed by atoms with Gasteiger partial charge in [-0.25, -0.2) is 4.79 Å². The lowest BCUT2D eigenvalue weighted by Crippen LogP contribution is -2.10. The van der Waals surface area contributed by atoms with Crippen molar-refractivity contribution in [3.8, 4) is 0 Å². The number of rotatable bonds is 3. The minimum absolute atomic E-state index is 0.221. The summed E-state index contributed by atoms with van der Waals surface area (Å²) in [5.74, 6) is -0.909. The normalized spacial score (nSPS) is 20.5. The third-order valence-electron chi connectivity index (χ3n) is 4.48. The first-order chi connectivity index (χ1) is 8.16. The van der Waals surface area contributed by atoms with Crippen LogP contribution in [0.4, 0.5) is 5.69 Å². The highest BCUT2D eigenvalue weighted by Crippen LogP contribution is 2.63. The minimum atomic E-state index is -0.909. The van der Waals surface area contributed by atoms with Crippen LogP contribution in [0.1, 0.15) is 38.1 Å². The topological polar surface area (TPSA) is 49.3 Å². The van der Waals surface area contributed by atoms with E-state index >= 15 is 0 Å². The molecule has 1 aromatic rings. The van der Waals surface area contributed by atoms with Gasteiger partial charge in [0, 0.05) is 16.2 Å². The highest BCUT2D eigenvalue weighted by Gasteiger charge is 2.64. The van der Waals surface area contributed by atoms with Gasteiger partial charge in [0.15, 0.2) is 0 Å². The molecular weight excluding hydrogens is 294 g/mol. The lowest BCUT2D eigenvalue weighted by molar-refractivity contribution is 0.0697. The van der Waals surface area contributed by atoms with Crippen LogP contribution >= 0.6 is 15.9 Å². The van der Waals surface area contributed by atoms with Crippen LogP contribution in [0.15, 0.2) is 22.7 Å². The van der Waals surface area contributed by atoms with Gasteiger partial charge in [0.1, 0.15) is 0 Å². The maximum atomic E-state index is 11.0. The van der Waals surface area contributed by atoms with E-state index in [0.29, 0.717) is 11.6 Å². The van der Waals surface area contributed by atoms with Crippen molar-refractivity contribution in [2.75, 3.05) is 5.32 Å². The number of nitrogens with one attached hydrogen (secondary N) is 1. The van der Waals surface area contributed by atoms with Gasteiger partial charge in [-0.1, -0.05) is 43.6 Å². The molecule has 18 heavy (non-hydrogen) atoms. The number of halogens is 1. The van der Waals surface area contributed by atoms with E-state index in [9.17, 15) is 4.79 Å². The summed E-state index contributed by atoms with van der Waals surface area (Å²) in [7, 11) is 0. The summed E-state index contributed by atoms with van der Waals surface area (Å²) < 4.78 is 0.779. The fraction of sp³-hybridized carbons (Fsp3) is 0.500. The lowest BCUT2D eigenvalue weighted by atomic mass is 10.0. The number of carbonyl (C=O) groups is 1. The molecule has 0 amide bonds. The third-order valence-corrected chi connectivity index (χ3v) is 4.93. The van der Waals surface area contributed by atoms with Gasteiger partial charge in [-0.15, -0.1) is 0 Å². The zero-order valence-electron chi connectivity index (χ0n) is 11.0. The smallest absolute Gasteiger partial charge is 0.335 e. The van der Waals surface area contributed by atoms with Crippen LogP contribution in [-0.2, 0) is 0 Å². The van der Waals surface area contributed by atoms with Crippen molar-refractivity contribution in [2.24, 2.45) is 10.8 Å². The average molecular weight is 312 g/mol. The number of carboxylic acid groups (broad SMARTS) is 1. The van der Waals surface area contributed by atoms with Crippen LogP contribution in [0, 0.1) is 10.8 Å². The average Bonchev–Trinajstić information content (AvgIpc) is 2.60. The number of aromatic carboxylic acids is 1. The van der Waals surface area contributed by atoms with E-state index in [2.05, 4.69) is 48.9 Å². The molecule has 0 atom stereocenters. The van der Waals surface area contributed by atoms with Crippen molar-refractivity contribution in [1.82, 2.24) is 0 Å². The molecule has 4 heteroatoms. The number of benzene rings is 1. The number of anilines is 1. The van der Waals surface area contributed by atoms with Crippen molar-refractivity contribution in [3.63, 3.8) is 0 Å². The van der Waals surface area contributed by atoms with Crippen molar-refractivity contribution < 1.29 is 9.90 Å². The van der Waals surface area contributed by atoms with Gasteiger partial charge in [-0.05, 0) is 29.0 Å². The molecule has 1 saturated carbocycles. The molecule has 1 aromatic carbocycles. The Morgan fingerprint density at radius 1 is 1.22 bits per heavy atom. The molecule has 0 radical (unpaired) electrons. The molecule has 98 valence electrons. The van der Waals surface area contributed by atoms with Crippen LogP contribution in [0.3, 0.4) is 0 Å². The second-order valence-corrected chi connectivity index (χ2v) is 6.97. The van der Waals surface area contributed by atoms with E-state index in [1.165, 1.54) is 0 Å². The lowest BCUT2D eigenvalue weighted by Gasteiger charge is -2.10. The number of hydrogen-bond acceptors (Lipinski definition) is 2. The van der Waals surface area contributed by atoms with E-state index in [1.54, 1.807) is 12.1 Å². The monoisotopic (exact) mass is 311 g/mol.